The number of nitrogen functional groups attached to an aromatic ring is 1. The number of piperidine rings is 1. The zero-order chi connectivity index (χ0) is 19.9. The fourth-order valence-corrected chi connectivity index (χ4v) is 5.51. The van der Waals surface area contributed by atoms with E-state index in [1.165, 1.54) is 12.0 Å². The molecule has 2 atom stereocenters. The van der Waals surface area contributed by atoms with Crippen LogP contribution in [0.2, 0.25) is 5.02 Å². The molecule has 5 heteroatoms. The Labute approximate surface area is 173 Å². The van der Waals surface area contributed by atoms with E-state index in [1.807, 2.05) is 30.3 Å². The van der Waals surface area contributed by atoms with Crippen molar-refractivity contribution in [2.45, 2.75) is 44.6 Å². The molecular formula is C23H30ClN3O. The van der Waals surface area contributed by atoms with Crippen LogP contribution in [0, 0.1) is 5.92 Å². The molecule has 0 bridgehead atoms. The summed E-state index contributed by atoms with van der Waals surface area (Å²) in [4.78, 5) is 2.33. The third kappa shape index (κ3) is 3.23. The molecule has 1 spiro atoms. The van der Waals surface area contributed by atoms with Crippen molar-refractivity contribution >= 4 is 28.7 Å². The lowest BCUT2D eigenvalue weighted by molar-refractivity contribution is 0.244. The Kier molecular flexibility index (Phi) is 5.19. The summed E-state index contributed by atoms with van der Waals surface area (Å²) in [5, 5.41) is 4.56. The lowest BCUT2D eigenvalue weighted by Gasteiger charge is -2.40. The van der Waals surface area contributed by atoms with Gasteiger partial charge in [0.2, 0.25) is 0 Å². The first-order valence-electron chi connectivity index (χ1n) is 10.2. The highest BCUT2D eigenvalue weighted by molar-refractivity contribution is 6.32. The van der Waals surface area contributed by atoms with Crippen molar-refractivity contribution in [1.82, 2.24) is 5.32 Å². The molecule has 0 radical (unpaired) electrons. The number of halogens is 1. The summed E-state index contributed by atoms with van der Waals surface area (Å²) in [5.74, 6) is 1.52. The molecule has 2 aromatic carbocycles. The third-order valence-electron chi connectivity index (χ3n) is 6.23. The summed E-state index contributed by atoms with van der Waals surface area (Å²) in [5.41, 5.74) is 10.5. The fraction of sp³-hybridized carbons (Fsp3) is 0.478. The lowest BCUT2D eigenvalue weighted by atomic mass is 9.71. The average Bonchev–Trinajstić information content (AvgIpc) is 2.97. The van der Waals surface area contributed by atoms with Crippen molar-refractivity contribution in [3.05, 3.63) is 47.0 Å². The van der Waals surface area contributed by atoms with Crippen LogP contribution in [0.1, 0.15) is 38.7 Å². The SMILES string of the molecule is COc1ccc(Cl)c2c1N(c1ccccc1N)CC21CCNC(CC(C)C)C1. The van der Waals surface area contributed by atoms with Crippen LogP contribution in [-0.4, -0.2) is 26.2 Å². The number of ether oxygens (including phenoxy) is 1. The highest BCUT2D eigenvalue weighted by Gasteiger charge is 2.49. The number of methoxy groups -OCH3 is 1. The van der Waals surface area contributed by atoms with E-state index in [1.54, 1.807) is 7.11 Å². The minimum atomic E-state index is 0.00798. The van der Waals surface area contributed by atoms with Gasteiger partial charge in [-0.25, -0.2) is 0 Å². The molecule has 2 heterocycles. The Balaban J connectivity index is 1.85. The molecule has 0 saturated carbocycles. The normalized spacial score (nSPS) is 24.0. The predicted molar refractivity (Wildman–Crippen MR) is 118 cm³/mol. The highest BCUT2D eigenvalue weighted by atomic mass is 35.5. The van der Waals surface area contributed by atoms with Gasteiger partial charge in [0, 0.05) is 28.6 Å². The molecule has 0 aromatic heterocycles. The van der Waals surface area contributed by atoms with E-state index in [4.69, 9.17) is 22.1 Å². The van der Waals surface area contributed by atoms with Gasteiger partial charge in [-0.2, -0.15) is 0 Å². The first kappa shape index (κ1) is 19.4. The van der Waals surface area contributed by atoms with E-state index in [-0.39, 0.29) is 5.41 Å². The van der Waals surface area contributed by atoms with Gasteiger partial charge in [0.15, 0.2) is 0 Å². The van der Waals surface area contributed by atoms with Crippen LogP contribution < -0.4 is 20.7 Å². The van der Waals surface area contributed by atoms with Gasteiger partial charge >= 0.3 is 0 Å². The van der Waals surface area contributed by atoms with Crippen molar-refractivity contribution in [3.8, 4) is 5.75 Å². The number of fused-ring (bicyclic) bond motifs is 2. The summed E-state index contributed by atoms with van der Waals surface area (Å²) in [6, 6.07) is 12.5. The molecule has 1 fully saturated rings. The average molecular weight is 400 g/mol. The summed E-state index contributed by atoms with van der Waals surface area (Å²) in [6.07, 6.45) is 3.31. The third-order valence-corrected chi connectivity index (χ3v) is 6.54. The monoisotopic (exact) mass is 399 g/mol. The van der Waals surface area contributed by atoms with Crippen molar-refractivity contribution in [3.63, 3.8) is 0 Å². The van der Waals surface area contributed by atoms with Gasteiger partial charge in [0.1, 0.15) is 5.75 Å². The number of nitrogens with zero attached hydrogens (tertiary/aromatic N) is 1. The number of benzene rings is 2. The molecule has 3 N–H and O–H groups in total. The number of hydrogen-bond acceptors (Lipinski definition) is 4. The smallest absolute Gasteiger partial charge is 0.142 e. The van der Waals surface area contributed by atoms with E-state index in [9.17, 15) is 0 Å². The Morgan fingerprint density at radius 3 is 2.79 bits per heavy atom. The maximum absolute atomic E-state index is 6.83. The van der Waals surface area contributed by atoms with Gasteiger partial charge in [0.25, 0.3) is 0 Å². The van der Waals surface area contributed by atoms with Crippen LogP contribution >= 0.6 is 11.6 Å². The molecule has 4 rings (SSSR count). The molecule has 150 valence electrons. The minimum Gasteiger partial charge on any atom is -0.495 e. The molecule has 2 aliphatic heterocycles. The summed E-state index contributed by atoms with van der Waals surface area (Å²) in [7, 11) is 1.73. The maximum atomic E-state index is 6.83. The summed E-state index contributed by atoms with van der Waals surface area (Å²) in [6.45, 7) is 6.46. The number of hydrogen-bond donors (Lipinski definition) is 2. The molecule has 2 unspecified atom stereocenters. The van der Waals surface area contributed by atoms with E-state index in [0.717, 1.165) is 53.8 Å². The van der Waals surface area contributed by atoms with Gasteiger partial charge in [-0.3, -0.25) is 0 Å². The van der Waals surface area contributed by atoms with Gasteiger partial charge in [0.05, 0.1) is 24.2 Å². The lowest BCUT2D eigenvalue weighted by Crippen LogP contribution is -2.48. The largest absolute Gasteiger partial charge is 0.495 e. The first-order valence-corrected chi connectivity index (χ1v) is 10.6. The van der Waals surface area contributed by atoms with Gasteiger partial charge in [-0.05, 0) is 56.0 Å². The van der Waals surface area contributed by atoms with E-state index >= 15 is 0 Å². The molecule has 4 nitrogen and oxygen atoms in total. The Morgan fingerprint density at radius 2 is 2.07 bits per heavy atom. The minimum absolute atomic E-state index is 0.00798. The van der Waals surface area contributed by atoms with Crippen molar-refractivity contribution in [2.24, 2.45) is 5.92 Å². The second-order valence-corrected chi connectivity index (χ2v) is 9.04. The summed E-state index contributed by atoms with van der Waals surface area (Å²) >= 11 is 6.83. The van der Waals surface area contributed by atoms with Crippen LogP contribution in [0.15, 0.2) is 36.4 Å². The maximum Gasteiger partial charge on any atom is 0.142 e. The molecule has 2 aromatic rings. The summed E-state index contributed by atoms with van der Waals surface area (Å²) < 4.78 is 5.77. The van der Waals surface area contributed by atoms with Crippen molar-refractivity contribution in [1.29, 1.82) is 0 Å². The van der Waals surface area contributed by atoms with Crippen LogP contribution in [-0.2, 0) is 5.41 Å². The van der Waals surface area contributed by atoms with Crippen LogP contribution in [0.5, 0.6) is 5.75 Å². The Hall–Kier alpha value is -1.91. The molecule has 2 aliphatic rings. The van der Waals surface area contributed by atoms with Crippen LogP contribution in [0.25, 0.3) is 0 Å². The standard InChI is InChI=1S/C23H30ClN3O/c1-15(2)12-16-13-23(10-11-26-16)14-27(19-7-5-4-6-18(19)25)22-20(28-3)9-8-17(24)21(22)23/h4-9,15-16,26H,10-14,25H2,1-3H3. The van der Waals surface area contributed by atoms with Crippen LogP contribution in [0.3, 0.4) is 0 Å². The topological polar surface area (TPSA) is 50.5 Å². The van der Waals surface area contributed by atoms with Crippen molar-refractivity contribution in [2.75, 3.05) is 30.8 Å². The second-order valence-electron chi connectivity index (χ2n) is 8.63. The van der Waals surface area contributed by atoms with E-state index in [0.29, 0.717) is 12.0 Å². The zero-order valence-electron chi connectivity index (χ0n) is 17.0. The van der Waals surface area contributed by atoms with Gasteiger partial charge in [-0.1, -0.05) is 37.6 Å². The highest BCUT2D eigenvalue weighted by Crippen LogP contribution is 2.56. The molecule has 1 saturated heterocycles. The Bertz CT molecular complexity index is 869. The quantitative estimate of drug-likeness (QED) is 0.700. The second kappa shape index (κ2) is 7.49. The number of para-hydroxylation sites is 2. The molecule has 28 heavy (non-hydrogen) atoms. The van der Waals surface area contributed by atoms with Crippen molar-refractivity contribution < 1.29 is 4.74 Å². The first-order chi connectivity index (χ1) is 13.4. The number of anilines is 3. The fourth-order valence-electron chi connectivity index (χ4n) is 5.15. The number of rotatable bonds is 4. The molecule has 0 aliphatic carbocycles. The van der Waals surface area contributed by atoms with Gasteiger partial charge in [-0.15, -0.1) is 0 Å². The molecule has 0 amide bonds. The number of nitrogens with one attached hydrogen (secondary N) is 1. The predicted octanol–water partition coefficient (Wildman–Crippen LogP) is 5.12. The molecular weight excluding hydrogens is 370 g/mol. The number of nitrogens with two attached hydrogens (primary N) is 1. The van der Waals surface area contributed by atoms with Crippen LogP contribution in [0.4, 0.5) is 17.1 Å². The van der Waals surface area contributed by atoms with Gasteiger partial charge < -0.3 is 20.7 Å². The van der Waals surface area contributed by atoms with E-state index in [2.05, 4.69) is 30.1 Å². The Morgan fingerprint density at radius 1 is 1.29 bits per heavy atom. The van der Waals surface area contributed by atoms with E-state index < -0.39 is 0 Å². The zero-order valence-corrected chi connectivity index (χ0v) is 17.7.